The fourth-order valence-corrected chi connectivity index (χ4v) is 2.16. The molecule has 6 nitrogen and oxygen atoms in total. The molecule has 1 aromatic heterocycles. The maximum absolute atomic E-state index is 12.3. The normalized spacial score (nSPS) is 10.0. The molecule has 3 aromatic rings. The first-order valence-corrected chi connectivity index (χ1v) is 8.07. The quantitative estimate of drug-likeness (QED) is 0.629. The van der Waals surface area contributed by atoms with Gasteiger partial charge in [-0.25, -0.2) is 9.97 Å². The van der Waals surface area contributed by atoms with E-state index in [2.05, 4.69) is 27.2 Å². The first-order valence-electron chi connectivity index (χ1n) is 8.07. The smallest absolute Gasteiger partial charge is 0.274 e. The third kappa shape index (κ3) is 4.67. The summed E-state index contributed by atoms with van der Waals surface area (Å²) in [7, 11) is 0. The number of ether oxygens (including phenoxy) is 1. The molecule has 0 saturated heterocycles. The second-order valence-corrected chi connectivity index (χ2v) is 5.33. The van der Waals surface area contributed by atoms with Crippen LogP contribution < -0.4 is 15.4 Å². The van der Waals surface area contributed by atoms with Gasteiger partial charge in [-0.1, -0.05) is 24.3 Å². The average molecular weight is 346 g/mol. The molecular formula is C20H18N4O2. The highest BCUT2D eigenvalue weighted by Gasteiger charge is 2.09. The Balaban J connectivity index is 1.63. The Hall–Kier alpha value is -3.67. The van der Waals surface area contributed by atoms with E-state index in [4.69, 9.17) is 4.74 Å². The van der Waals surface area contributed by atoms with Crippen molar-refractivity contribution >= 4 is 17.5 Å². The van der Waals surface area contributed by atoms with E-state index in [1.54, 1.807) is 36.4 Å². The molecule has 0 unspecified atom stereocenters. The molecule has 2 N–H and O–H groups in total. The highest BCUT2D eigenvalue weighted by Crippen LogP contribution is 2.22. The van der Waals surface area contributed by atoms with Gasteiger partial charge < -0.3 is 15.4 Å². The van der Waals surface area contributed by atoms with Crippen molar-refractivity contribution in [3.05, 3.63) is 85.2 Å². The number of hydrogen-bond donors (Lipinski definition) is 2. The van der Waals surface area contributed by atoms with E-state index in [9.17, 15) is 4.79 Å². The number of rotatable bonds is 7. The van der Waals surface area contributed by atoms with Crippen molar-refractivity contribution in [2.45, 2.75) is 0 Å². The highest BCUT2D eigenvalue weighted by molar-refractivity contribution is 6.02. The Bertz CT molecular complexity index is 880. The number of nitrogens with one attached hydrogen (secondary N) is 2. The van der Waals surface area contributed by atoms with Gasteiger partial charge in [0, 0.05) is 18.4 Å². The van der Waals surface area contributed by atoms with Crippen LogP contribution in [0.1, 0.15) is 10.5 Å². The molecule has 6 heteroatoms. The largest absolute Gasteiger partial charge is 0.457 e. The maximum Gasteiger partial charge on any atom is 0.274 e. The predicted molar refractivity (Wildman–Crippen MR) is 102 cm³/mol. The third-order valence-corrected chi connectivity index (χ3v) is 3.38. The van der Waals surface area contributed by atoms with Gasteiger partial charge in [0.15, 0.2) is 0 Å². The summed E-state index contributed by atoms with van der Waals surface area (Å²) >= 11 is 0. The summed E-state index contributed by atoms with van der Waals surface area (Å²) in [6.07, 6.45) is 3.22. The molecule has 0 bridgehead atoms. The van der Waals surface area contributed by atoms with Crippen LogP contribution in [0.25, 0.3) is 0 Å². The Morgan fingerprint density at radius 1 is 1.04 bits per heavy atom. The van der Waals surface area contributed by atoms with E-state index >= 15 is 0 Å². The Labute approximate surface area is 151 Å². The maximum atomic E-state index is 12.3. The standard InChI is InChI=1S/C20H18N4O2/c1-2-13-21-20-22-14-12-18(24-20)19(25)23-15-8-10-17(11-9-15)26-16-6-4-3-5-7-16/h2-12,14H,1,13H2,(H,23,25)(H,21,22,24). The molecule has 0 aliphatic carbocycles. The van der Waals surface area contributed by atoms with Crippen LogP contribution in [0.2, 0.25) is 0 Å². The lowest BCUT2D eigenvalue weighted by molar-refractivity contribution is 0.102. The van der Waals surface area contributed by atoms with Gasteiger partial charge in [-0.05, 0) is 42.5 Å². The van der Waals surface area contributed by atoms with Gasteiger partial charge in [-0.2, -0.15) is 0 Å². The Morgan fingerprint density at radius 3 is 2.50 bits per heavy atom. The minimum atomic E-state index is -0.314. The number of anilines is 2. The topological polar surface area (TPSA) is 76.1 Å². The van der Waals surface area contributed by atoms with Crippen molar-refractivity contribution in [3.8, 4) is 11.5 Å². The lowest BCUT2D eigenvalue weighted by Gasteiger charge is -2.08. The SMILES string of the molecule is C=CCNc1nccc(C(=O)Nc2ccc(Oc3ccccc3)cc2)n1. The molecular weight excluding hydrogens is 328 g/mol. The number of amides is 1. The van der Waals surface area contributed by atoms with Crippen LogP contribution in [0.4, 0.5) is 11.6 Å². The van der Waals surface area contributed by atoms with Crippen LogP contribution in [-0.4, -0.2) is 22.4 Å². The van der Waals surface area contributed by atoms with Gasteiger partial charge in [-0.15, -0.1) is 6.58 Å². The van der Waals surface area contributed by atoms with Gasteiger partial charge in [-0.3, -0.25) is 4.79 Å². The zero-order chi connectivity index (χ0) is 18.2. The molecule has 2 aromatic carbocycles. The number of nitrogens with zero attached hydrogens (tertiary/aromatic N) is 2. The summed E-state index contributed by atoms with van der Waals surface area (Å²) < 4.78 is 5.73. The van der Waals surface area contributed by atoms with E-state index in [1.165, 1.54) is 6.20 Å². The first kappa shape index (κ1) is 17.2. The van der Waals surface area contributed by atoms with Crippen molar-refractivity contribution in [1.29, 1.82) is 0 Å². The second kappa shape index (κ2) is 8.43. The van der Waals surface area contributed by atoms with Crippen molar-refractivity contribution in [2.75, 3.05) is 17.2 Å². The lowest BCUT2D eigenvalue weighted by atomic mass is 10.3. The molecule has 26 heavy (non-hydrogen) atoms. The van der Waals surface area contributed by atoms with Crippen molar-refractivity contribution < 1.29 is 9.53 Å². The van der Waals surface area contributed by atoms with Crippen LogP contribution in [0.5, 0.6) is 11.5 Å². The summed E-state index contributed by atoms with van der Waals surface area (Å²) in [4.78, 5) is 20.6. The summed E-state index contributed by atoms with van der Waals surface area (Å²) in [6.45, 7) is 4.14. The fourth-order valence-electron chi connectivity index (χ4n) is 2.16. The molecule has 130 valence electrons. The van der Waals surface area contributed by atoms with Crippen LogP contribution in [0, 0.1) is 0 Å². The molecule has 0 saturated carbocycles. The van der Waals surface area contributed by atoms with E-state index in [-0.39, 0.29) is 11.6 Å². The number of hydrogen-bond acceptors (Lipinski definition) is 5. The van der Waals surface area contributed by atoms with Crippen molar-refractivity contribution in [1.82, 2.24) is 9.97 Å². The molecule has 0 atom stereocenters. The summed E-state index contributed by atoms with van der Waals surface area (Å²) in [5.41, 5.74) is 0.922. The number of para-hydroxylation sites is 1. The zero-order valence-electron chi connectivity index (χ0n) is 14.1. The number of aromatic nitrogens is 2. The fraction of sp³-hybridized carbons (Fsp3) is 0.0500. The molecule has 0 spiro atoms. The van der Waals surface area contributed by atoms with Gasteiger partial charge in [0.1, 0.15) is 17.2 Å². The summed E-state index contributed by atoms with van der Waals surface area (Å²) in [6, 6.07) is 18.2. The molecule has 1 amide bonds. The molecule has 0 aliphatic rings. The summed E-state index contributed by atoms with van der Waals surface area (Å²) in [5, 5.41) is 5.75. The average Bonchev–Trinajstić information content (AvgIpc) is 2.69. The number of carbonyl (C=O) groups excluding carboxylic acids is 1. The van der Waals surface area contributed by atoms with Gasteiger partial charge in [0.25, 0.3) is 5.91 Å². The summed E-state index contributed by atoms with van der Waals surface area (Å²) in [5.74, 6) is 1.51. The zero-order valence-corrected chi connectivity index (χ0v) is 14.1. The van der Waals surface area contributed by atoms with Crippen molar-refractivity contribution in [2.24, 2.45) is 0 Å². The lowest BCUT2D eigenvalue weighted by Crippen LogP contribution is -2.15. The molecule has 0 radical (unpaired) electrons. The molecule has 1 heterocycles. The highest BCUT2D eigenvalue weighted by atomic mass is 16.5. The third-order valence-electron chi connectivity index (χ3n) is 3.38. The predicted octanol–water partition coefficient (Wildman–Crippen LogP) is 4.12. The second-order valence-electron chi connectivity index (χ2n) is 5.33. The molecule has 0 aliphatic heterocycles. The van der Waals surface area contributed by atoms with E-state index in [0.29, 0.717) is 23.9 Å². The van der Waals surface area contributed by atoms with Crippen LogP contribution >= 0.6 is 0 Å². The molecule has 0 fully saturated rings. The van der Waals surface area contributed by atoms with Crippen LogP contribution in [0.3, 0.4) is 0 Å². The number of carbonyl (C=O) groups is 1. The van der Waals surface area contributed by atoms with Crippen LogP contribution in [-0.2, 0) is 0 Å². The van der Waals surface area contributed by atoms with Gasteiger partial charge >= 0.3 is 0 Å². The number of benzene rings is 2. The van der Waals surface area contributed by atoms with E-state index in [0.717, 1.165) is 5.75 Å². The Kier molecular flexibility index (Phi) is 5.57. The minimum Gasteiger partial charge on any atom is -0.457 e. The van der Waals surface area contributed by atoms with Gasteiger partial charge in [0.05, 0.1) is 0 Å². The van der Waals surface area contributed by atoms with Crippen molar-refractivity contribution in [3.63, 3.8) is 0 Å². The Morgan fingerprint density at radius 2 is 1.77 bits per heavy atom. The van der Waals surface area contributed by atoms with Crippen LogP contribution in [0.15, 0.2) is 79.5 Å². The molecule has 3 rings (SSSR count). The van der Waals surface area contributed by atoms with Gasteiger partial charge in [0.2, 0.25) is 5.95 Å². The van der Waals surface area contributed by atoms with E-state index < -0.39 is 0 Å². The van der Waals surface area contributed by atoms with E-state index in [1.807, 2.05) is 30.3 Å². The monoisotopic (exact) mass is 346 g/mol. The first-order chi connectivity index (χ1) is 12.7. The minimum absolute atomic E-state index is 0.274.